The predicted molar refractivity (Wildman–Crippen MR) is 70.9 cm³/mol. The lowest BCUT2D eigenvalue weighted by Crippen LogP contribution is -2.53. The van der Waals surface area contributed by atoms with Crippen LogP contribution >= 0.6 is 0 Å². The van der Waals surface area contributed by atoms with E-state index in [0.717, 1.165) is 6.54 Å². The van der Waals surface area contributed by atoms with E-state index in [2.05, 4.69) is 49.9 Å². The lowest BCUT2D eigenvalue weighted by atomic mass is 9.86. The average molecular weight is 227 g/mol. The van der Waals surface area contributed by atoms with Gasteiger partial charge in [0.2, 0.25) is 0 Å². The Kier molecular flexibility index (Phi) is 5.22. The molecule has 16 heavy (non-hydrogen) atoms. The Bertz CT molecular complexity index is 190. The van der Waals surface area contributed by atoms with Crippen molar-refractivity contribution < 1.29 is 0 Å². The number of hydrogen-bond donors (Lipinski definition) is 1. The first-order valence-electron chi connectivity index (χ1n) is 6.57. The molecule has 0 aromatic carbocycles. The number of piperazine rings is 1. The maximum atomic E-state index is 3.63. The van der Waals surface area contributed by atoms with Crippen molar-refractivity contribution in [1.82, 2.24) is 15.1 Å². The number of likely N-dealkylation sites (N-methyl/N-ethyl adjacent to an activating group) is 2. The lowest BCUT2D eigenvalue weighted by Gasteiger charge is -2.39. The fourth-order valence-corrected chi connectivity index (χ4v) is 2.18. The molecule has 0 saturated carbocycles. The highest BCUT2D eigenvalue weighted by molar-refractivity contribution is 4.84. The van der Waals surface area contributed by atoms with E-state index in [4.69, 9.17) is 0 Å². The van der Waals surface area contributed by atoms with Crippen molar-refractivity contribution in [3.05, 3.63) is 0 Å². The third kappa shape index (κ3) is 4.40. The Morgan fingerprint density at radius 2 is 1.69 bits per heavy atom. The molecule has 1 aliphatic heterocycles. The minimum absolute atomic E-state index is 0.347. The van der Waals surface area contributed by atoms with Gasteiger partial charge in [-0.2, -0.15) is 0 Å². The molecule has 0 aromatic rings. The fraction of sp³-hybridized carbons (Fsp3) is 1.00. The molecule has 3 nitrogen and oxygen atoms in total. The standard InChI is InChI=1S/C13H29N3/c1-6-14-12(13(2,3)4)11-16-9-7-15(5)8-10-16/h12,14H,6-11H2,1-5H3. The first kappa shape index (κ1) is 13.9. The van der Waals surface area contributed by atoms with Gasteiger partial charge in [-0.3, -0.25) is 4.90 Å². The Morgan fingerprint density at radius 3 is 2.12 bits per heavy atom. The third-order valence-corrected chi connectivity index (χ3v) is 3.53. The highest BCUT2D eigenvalue weighted by Crippen LogP contribution is 2.20. The van der Waals surface area contributed by atoms with E-state index in [1.54, 1.807) is 0 Å². The van der Waals surface area contributed by atoms with Crippen LogP contribution in [0.2, 0.25) is 0 Å². The average Bonchev–Trinajstić information content (AvgIpc) is 2.19. The maximum Gasteiger partial charge on any atom is 0.0243 e. The van der Waals surface area contributed by atoms with Crippen LogP contribution in [0.15, 0.2) is 0 Å². The van der Waals surface area contributed by atoms with Crippen LogP contribution in [-0.2, 0) is 0 Å². The quantitative estimate of drug-likeness (QED) is 0.780. The van der Waals surface area contributed by atoms with Crippen LogP contribution in [0, 0.1) is 5.41 Å². The summed E-state index contributed by atoms with van der Waals surface area (Å²) >= 11 is 0. The molecule has 1 saturated heterocycles. The van der Waals surface area contributed by atoms with Crippen LogP contribution in [0.1, 0.15) is 27.7 Å². The number of nitrogens with zero attached hydrogens (tertiary/aromatic N) is 2. The van der Waals surface area contributed by atoms with E-state index < -0.39 is 0 Å². The minimum atomic E-state index is 0.347. The number of rotatable bonds is 4. The minimum Gasteiger partial charge on any atom is -0.312 e. The van der Waals surface area contributed by atoms with Gasteiger partial charge in [0, 0.05) is 38.8 Å². The van der Waals surface area contributed by atoms with Crippen molar-refractivity contribution in [2.75, 3.05) is 46.3 Å². The van der Waals surface area contributed by atoms with Gasteiger partial charge in [0.25, 0.3) is 0 Å². The molecule has 0 aromatic heterocycles. The van der Waals surface area contributed by atoms with Crippen LogP contribution < -0.4 is 5.32 Å². The maximum absolute atomic E-state index is 3.63. The van der Waals surface area contributed by atoms with Crippen molar-refractivity contribution in [3.8, 4) is 0 Å². The van der Waals surface area contributed by atoms with Gasteiger partial charge < -0.3 is 10.2 Å². The van der Waals surface area contributed by atoms with E-state index in [1.807, 2.05) is 0 Å². The molecular weight excluding hydrogens is 198 g/mol. The summed E-state index contributed by atoms with van der Waals surface area (Å²) in [6, 6.07) is 0.598. The lowest BCUT2D eigenvalue weighted by molar-refractivity contribution is 0.116. The molecule has 1 heterocycles. The molecule has 1 atom stereocenters. The van der Waals surface area contributed by atoms with Crippen molar-refractivity contribution in [2.24, 2.45) is 5.41 Å². The second-order valence-electron chi connectivity index (χ2n) is 6.08. The van der Waals surface area contributed by atoms with Gasteiger partial charge in [-0.25, -0.2) is 0 Å². The summed E-state index contributed by atoms with van der Waals surface area (Å²) < 4.78 is 0. The molecule has 96 valence electrons. The molecule has 0 radical (unpaired) electrons. The van der Waals surface area contributed by atoms with Crippen molar-refractivity contribution in [3.63, 3.8) is 0 Å². The Hall–Kier alpha value is -0.120. The molecule has 1 rings (SSSR count). The van der Waals surface area contributed by atoms with Crippen LogP contribution in [-0.4, -0.2) is 62.2 Å². The molecule has 1 unspecified atom stereocenters. The first-order valence-corrected chi connectivity index (χ1v) is 6.57. The molecule has 0 bridgehead atoms. The van der Waals surface area contributed by atoms with E-state index in [-0.39, 0.29) is 0 Å². The van der Waals surface area contributed by atoms with Gasteiger partial charge in [-0.05, 0) is 19.0 Å². The summed E-state index contributed by atoms with van der Waals surface area (Å²) in [6.45, 7) is 16.3. The molecule has 1 aliphatic rings. The molecular formula is C13H29N3. The Morgan fingerprint density at radius 1 is 1.12 bits per heavy atom. The van der Waals surface area contributed by atoms with Gasteiger partial charge in [0.05, 0.1) is 0 Å². The summed E-state index contributed by atoms with van der Waals surface area (Å²) in [5, 5.41) is 3.63. The SMILES string of the molecule is CCNC(CN1CCN(C)CC1)C(C)(C)C. The van der Waals surface area contributed by atoms with Crippen LogP contribution in [0.3, 0.4) is 0 Å². The molecule has 1 N–H and O–H groups in total. The number of nitrogens with one attached hydrogen (secondary N) is 1. The molecule has 0 spiro atoms. The molecule has 1 fully saturated rings. The monoisotopic (exact) mass is 227 g/mol. The summed E-state index contributed by atoms with van der Waals surface area (Å²) in [4.78, 5) is 5.01. The smallest absolute Gasteiger partial charge is 0.0243 e. The highest BCUT2D eigenvalue weighted by Gasteiger charge is 2.26. The van der Waals surface area contributed by atoms with Gasteiger partial charge in [-0.15, -0.1) is 0 Å². The van der Waals surface area contributed by atoms with E-state index in [0.29, 0.717) is 11.5 Å². The van der Waals surface area contributed by atoms with E-state index >= 15 is 0 Å². The van der Waals surface area contributed by atoms with Crippen molar-refractivity contribution in [1.29, 1.82) is 0 Å². The van der Waals surface area contributed by atoms with Crippen molar-refractivity contribution in [2.45, 2.75) is 33.7 Å². The highest BCUT2D eigenvalue weighted by atomic mass is 15.3. The largest absolute Gasteiger partial charge is 0.312 e. The topological polar surface area (TPSA) is 18.5 Å². The number of hydrogen-bond acceptors (Lipinski definition) is 3. The second kappa shape index (κ2) is 5.99. The summed E-state index contributed by atoms with van der Waals surface area (Å²) in [7, 11) is 2.21. The molecule has 3 heteroatoms. The summed E-state index contributed by atoms with van der Waals surface area (Å²) in [6.07, 6.45) is 0. The summed E-state index contributed by atoms with van der Waals surface area (Å²) in [5.74, 6) is 0. The zero-order valence-electron chi connectivity index (χ0n) is 11.7. The molecule has 0 aliphatic carbocycles. The molecule has 0 amide bonds. The Labute approximate surface area is 101 Å². The van der Waals surface area contributed by atoms with Gasteiger partial charge in [0.1, 0.15) is 0 Å². The van der Waals surface area contributed by atoms with Crippen LogP contribution in [0.25, 0.3) is 0 Å². The van der Waals surface area contributed by atoms with Gasteiger partial charge in [-0.1, -0.05) is 27.7 Å². The van der Waals surface area contributed by atoms with E-state index in [1.165, 1.54) is 32.7 Å². The van der Waals surface area contributed by atoms with Crippen LogP contribution in [0.4, 0.5) is 0 Å². The Balaban J connectivity index is 2.42. The first-order chi connectivity index (χ1) is 7.43. The van der Waals surface area contributed by atoms with Gasteiger partial charge in [0.15, 0.2) is 0 Å². The fourth-order valence-electron chi connectivity index (χ4n) is 2.18. The predicted octanol–water partition coefficient (Wildman–Crippen LogP) is 1.26. The normalized spacial score (nSPS) is 22.3. The van der Waals surface area contributed by atoms with Gasteiger partial charge >= 0.3 is 0 Å². The summed E-state index contributed by atoms with van der Waals surface area (Å²) in [5.41, 5.74) is 0.347. The third-order valence-electron chi connectivity index (χ3n) is 3.53. The second-order valence-corrected chi connectivity index (χ2v) is 6.08. The van der Waals surface area contributed by atoms with Crippen LogP contribution in [0.5, 0.6) is 0 Å². The zero-order chi connectivity index (χ0) is 12.2. The van der Waals surface area contributed by atoms with E-state index in [9.17, 15) is 0 Å². The zero-order valence-corrected chi connectivity index (χ0v) is 11.7. The van der Waals surface area contributed by atoms with Crippen molar-refractivity contribution >= 4 is 0 Å².